The Labute approximate surface area is 172 Å². The van der Waals surface area contributed by atoms with Crippen molar-refractivity contribution in [1.82, 2.24) is 19.7 Å². The molecule has 0 amide bonds. The quantitative estimate of drug-likeness (QED) is 0.312. The molecule has 140 valence electrons. The van der Waals surface area contributed by atoms with Crippen molar-refractivity contribution in [2.45, 2.75) is 5.16 Å². The first kappa shape index (κ1) is 18.5. The first-order valence-corrected chi connectivity index (χ1v) is 10.1. The summed E-state index contributed by atoms with van der Waals surface area (Å²) in [5.74, 6) is 2.27. The lowest BCUT2D eigenvalue weighted by atomic mass is 10.2. The normalized spacial score (nSPS) is 10.8. The maximum atomic E-state index is 5.99. The van der Waals surface area contributed by atoms with Gasteiger partial charge in [-0.3, -0.25) is 9.55 Å². The van der Waals surface area contributed by atoms with E-state index in [0.29, 0.717) is 11.6 Å². The van der Waals surface area contributed by atoms with Gasteiger partial charge < -0.3 is 4.74 Å². The van der Waals surface area contributed by atoms with Crippen LogP contribution in [0.3, 0.4) is 0 Å². The molecule has 4 aromatic rings. The molecule has 0 saturated carbocycles. The van der Waals surface area contributed by atoms with Crippen molar-refractivity contribution in [1.29, 1.82) is 0 Å². The Kier molecular flexibility index (Phi) is 5.89. The average molecular weight is 409 g/mol. The van der Waals surface area contributed by atoms with Crippen LogP contribution >= 0.6 is 23.4 Å². The maximum Gasteiger partial charge on any atom is 0.196 e. The van der Waals surface area contributed by atoms with Crippen LogP contribution in [0, 0.1) is 0 Å². The SMILES string of the molecule is Clc1cccc(OCCSc2nnc(-c3ccncc3)n2-c2ccccc2)c1. The number of nitrogens with zero attached hydrogens (tertiary/aromatic N) is 4. The van der Waals surface area contributed by atoms with Gasteiger partial charge in [0.2, 0.25) is 0 Å². The summed E-state index contributed by atoms with van der Waals surface area (Å²) in [6.45, 7) is 0.539. The Morgan fingerprint density at radius 2 is 1.75 bits per heavy atom. The molecule has 4 rings (SSSR count). The van der Waals surface area contributed by atoms with Crippen LogP contribution in [0.2, 0.25) is 5.02 Å². The van der Waals surface area contributed by atoms with Crippen LogP contribution < -0.4 is 4.74 Å². The van der Waals surface area contributed by atoms with Crippen LogP contribution in [0.5, 0.6) is 5.75 Å². The fourth-order valence-electron chi connectivity index (χ4n) is 2.71. The average Bonchev–Trinajstić information content (AvgIpc) is 3.16. The highest BCUT2D eigenvalue weighted by atomic mass is 35.5. The molecular weight excluding hydrogens is 392 g/mol. The number of hydrogen-bond donors (Lipinski definition) is 0. The van der Waals surface area contributed by atoms with Crippen molar-refractivity contribution < 1.29 is 4.74 Å². The lowest BCUT2D eigenvalue weighted by Gasteiger charge is -2.10. The Bertz CT molecular complexity index is 1040. The van der Waals surface area contributed by atoms with E-state index in [1.54, 1.807) is 30.2 Å². The number of ether oxygens (including phenoxy) is 1. The van der Waals surface area contributed by atoms with Crippen molar-refractivity contribution in [3.63, 3.8) is 0 Å². The van der Waals surface area contributed by atoms with Gasteiger partial charge in [-0.05, 0) is 42.5 Å². The van der Waals surface area contributed by atoms with Crippen LogP contribution in [-0.2, 0) is 0 Å². The third-order valence-electron chi connectivity index (χ3n) is 3.97. The summed E-state index contributed by atoms with van der Waals surface area (Å²) in [6, 6.07) is 21.3. The van der Waals surface area contributed by atoms with Crippen molar-refractivity contribution in [3.05, 3.63) is 84.1 Å². The second-order valence-electron chi connectivity index (χ2n) is 5.87. The monoisotopic (exact) mass is 408 g/mol. The fraction of sp³-hybridized carbons (Fsp3) is 0.0952. The highest BCUT2D eigenvalue weighted by molar-refractivity contribution is 7.99. The number of halogens is 1. The first-order chi connectivity index (χ1) is 13.8. The summed E-state index contributed by atoms with van der Waals surface area (Å²) in [7, 11) is 0. The molecule has 2 aromatic heterocycles. The Morgan fingerprint density at radius 3 is 2.54 bits per heavy atom. The van der Waals surface area contributed by atoms with Gasteiger partial charge in [0.25, 0.3) is 0 Å². The first-order valence-electron chi connectivity index (χ1n) is 8.74. The standard InChI is InChI=1S/C21H17ClN4OS/c22-17-5-4-8-19(15-17)27-13-14-28-21-25-24-20(16-9-11-23-12-10-16)26(21)18-6-2-1-3-7-18/h1-12,15H,13-14H2. The molecule has 0 aliphatic heterocycles. The zero-order chi connectivity index (χ0) is 19.2. The summed E-state index contributed by atoms with van der Waals surface area (Å²) in [5.41, 5.74) is 1.98. The highest BCUT2D eigenvalue weighted by Crippen LogP contribution is 2.27. The number of thioether (sulfide) groups is 1. The van der Waals surface area contributed by atoms with Gasteiger partial charge in [-0.1, -0.05) is 47.6 Å². The summed E-state index contributed by atoms with van der Waals surface area (Å²) in [4.78, 5) is 4.09. The molecule has 0 spiro atoms. The third-order valence-corrected chi connectivity index (χ3v) is 5.09. The predicted octanol–water partition coefficient (Wildman–Crippen LogP) is 5.15. The van der Waals surface area contributed by atoms with Crippen molar-refractivity contribution in [2.75, 3.05) is 12.4 Å². The lowest BCUT2D eigenvalue weighted by Crippen LogP contribution is -2.03. The molecule has 0 N–H and O–H groups in total. The number of para-hydroxylation sites is 1. The zero-order valence-corrected chi connectivity index (χ0v) is 16.5. The smallest absolute Gasteiger partial charge is 0.196 e. The van der Waals surface area contributed by atoms with Gasteiger partial charge in [0.15, 0.2) is 11.0 Å². The van der Waals surface area contributed by atoms with Crippen molar-refractivity contribution in [3.8, 4) is 22.8 Å². The summed E-state index contributed by atoms with van der Waals surface area (Å²) in [5, 5.41) is 10.3. The molecule has 0 aliphatic rings. The highest BCUT2D eigenvalue weighted by Gasteiger charge is 2.15. The minimum atomic E-state index is 0.539. The molecule has 0 saturated heterocycles. The van der Waals surface area contributed by atoms with Crippen LogP contribution in [0.4, 0.5) is 0 Å². The predicted molar refractivity (Wildman–Crippen MR) is 112 cm³/mol. The largest absolute Gasteiger partial charge is 0.493 e. The second kappa shape index (κ2) is 8.91. The topological polar surface area (TPSA) is 52.8 Å². The van der Waals surface area contributed by atoms with Crippen molar-refractivity contribution >= 4 is 23.4 Å². The van der Waals surface area contributed by atoms with Gasteiger partial charge in [0.1, 0.15) is 5.75 Å². The summed E-state index contributed by atoms with van der Waals surface area (Å²) in [6.07, 6.45) is 3.51. The van der Waals surface area contributed by atoms with E-state index in [1.807, 2.05) is 60.7 Å². The van der Waals surface area contributed by atoms with Gasteiger partial charge in [-0.25, -0.2) is 0 Å². The molecule has 0 fully saturated rings. The molecule has 2 aromatic carbocycles. The van der Waals surface area contributed by atoms with E-state index >= 15 is 0 Å². The molecule has 7 heteroatoms. The molecule has 0 atom stereocenters. The molecule has 5 nitrogen and oxygen atoms in total. The van der Waals surface area contributed by atoms with E-state index in [9.17, 15) is 0 Å². The number of rotatable bonds is 7. The molecule has 0 radical (unpaired) electrons. The lowest BCUT2D eigenvalue weighted by molar-refractivity contribution is 0.344. The van der Waals surface area contributed by atoms with Crippen LogP contribution in [-0.4, -0.2) is 32.1 Å². The Hall–Kier alpha value is -2.83. The number of benzene rings is 2. The van der Waals surface area contributed by atoms with E-state index < -0.39 is 0 Å². The van der Waals surface area contributed by atoms with Gasteiger partial charge >= 0.3 is 0 Å². The molecule has 2 heterocycles. The zero-order valence-electron chi connectivity index (χ0n) is 14.9. The van der Waals surface area contributed by atoms with Gasteiger partial charge in [-0.2, -0.15) is 0 Å². The molecular formula is C21H17ClN4OS. The van der Waals surface area contributed by atoms with E-state index in [-0.39, 0.29) is 0 Å². The number of aromatic nitrogens is 4. The Balaban J connectivity index is 1.53. The molecule has 28 heavy (non-hydrogen) atoms. The van der Waals surface area contributed by atoms with E-state index in [2.05, 4.69) is 19.7 Å². The van der Waals surface area contributed by atoms with E-state index in [4.69, 9.17) is 16.3 Å². The van der Waals surface area contributed by atoms with Gasteiger partial charge in [0, 0.05) is 34.4 Å². The second-order valence-corrected chi connectivity index (χ2v) is 7.37. The minimum absolute atomic E-state index is 0.539. The minimum Gasteiger partial charge on any atom is -0.493 e. The summed E-state index contributed by atoms with van der Waals surface area (Å²) < 4.78 is 7.83. The van der Waals surface area contributed by atoms with Gasteiger partial charge in [-0.15, -0.1) is 10.2 Å². The number of pyridine rings is 1. The van der Waals surface area contributed by atoms with Crippen LogP contribution in [0.1, 0.15) is 0 Å². The third kappa shape index (κ3) is 4.35. The van der Waals surface area contributed by atoms with Crippen molar-refractivity contribution in [2.24, 2.45) is 0 Å². The fourth-order valence-corrected chi connectivity index (χ4v) is 3.66. The van der Waals surface area contributed by atoms with Gasteiger partial charge in [0.05, 0.1) is 6.61 Å². The van der Waals surface area contributed by atoms with E-state index in [1.165, 1.54) is 0 Å². The van der Waals surface area contributed by atoms with Crippen LogP contribution in [0.15, 0.2) is 84.3 Å². The molecule has 0 bridgehead atoms. The molecule has 0 unspecified atom stereocenters. The molecule has 0 aliphatic carbocycles. The summed E-state index contributed by atoms with van der Waals surface area (Å²) >= 11 is 7.59. The Morgan fingerprint density at radius 1 is 0.929 bits per heavy atom. The number of hydrogen-bond acceptors (Lipinski definition) is 5. The van der Waals surface area contributed by atoms with Crippen LogP contribution in [0.25, 0.3) is 17.1 Å². The maximum absolute atomic E-state index is 5.99. The van der Waals surface area contributed by atoms with E-state index in [0.717, 1.165) is 33.7 Å².